The Bertz CT molecular complexity index is 620. The van der Waals surface area contributed by atoms with Crippen LogP contribution >= 0.6 is 11.6 Å². The quantitative estimate of drug-likeness (QED) is 0.757. The fraction of sp³-hybridized carbons (Fsp3) is 0.250. The first-order chi connectivity index (χ1) is 8.83. The van der Waals surface area contributed by atoms with Gasteiger partial charge in [0.05, 0.1) is 0 Å². The number of rotatable bonds is 0. The third kappa shape index (κ3) is 1.44. The second-order valence-electron chi connectivity index (χ2n) is 5.19. The number of benzene rings is 2. The average molecular weight is 256 g/mol. The highest BCUT2D eigenvalue weighted by atomic mass is 35.5. The van der Waals surface area contributed by atoms with Crippen LogP contribution in [0.1, 0.15) is 34.2 Å². The first-order valence-corrected chi connectivity index (χ1v) is 6.81. The molecule has 18 heavy (non-hydrogen) atoms. The first kappa shape index (κ1) is 10.6. The highest BCUT2D eigenvalue weighted by Crippen LogP contribution is 2.42. The fourth-order valence-corrected chi connectivity index (χ4v) is 3.56. The lowest BCUT2D eigenvalue weighted by Gasteiger charge is -2.29. The van der Waals surface area contributed by atoms with Crippen LogP contribution < -0.4 is 5.32 Å². The molecule has 5 rings (SSSR count). The van der Waals surface area contributed by atoms with E-state index in [0.29, 0.717) is 12.0 Å². The largest absolute Gasteiger partial charge is 0.309 e. The van der Waals surface area contributed by atoms with E-state index >= 15 is 0 Å². The molecule has 0 radical (unpaired) electrons. The molecule has 2 bridgehead atoms. The maximum atomic E-state index is 6.17. The highest BCUT2D eigenvalue weighted by molar-refractivity contribution is 6.30. The molecule has 0 spiro atoms. The predicted octanol–water partition coefficient (Wildman–Crippen LogP) is 3.67. The molecule has 0 saturated carbocycles. The van der Waals surface area contributed by atoms with Gasteiger partial charge in [-0.15, -0.1) is 0 Å². The minimum Gasteiger partial charge on any atom is -0.309 e. The van der Waals surface area contributed by atoms with Gasteiger partial charge < -0.3 is 5.32 Å². The van der Waals surface area contributed by atoms with Crippen LogP contribution in [0.3, 0.4) is 0 Å². The molecular formula is C16H14ClN. The molecule has 1 N–H and O–H groups in total. The smallest absolute Gasteiger partial charge is 0.0409 e. The summed E-state index contributed by atoms with van der Waals surface area (Å²) in [4.78, 5) is 0. The van der Waals surface area contributed by atoms with E-state index in [2.05, 4.69) is 41.7 Å². The van der Waals surface area contributed by atoms with E-state index in [4.69, 9.17) is 11.6 Å². The Morgan fingerprint density at radius 2 is 1.83 bits per heavy atom. The summed E-state index contributed by atoms with van der Waals surface area (Å²) >= 11 is 6.17. The molecule has 2 heterocycles. The summed E-state index contributed by atoms with van der Waals surface area (Å²) < 4.78 is 0. The van der Waals surface area contributed by atoms with Gasteiger partial charge >= 0.3 is 0 Å². The fourth-order valence-electron chi connectivity index (χ4n) is 3.38. The standard InChI is InChI=1S/C16H14ClN/c17-11-6-5-10-7-16-13-4-2-1-3-12(13)15(9-18-16)14(10)8-11/h1-6,8,15-16,18H,7,9H2/t15-,16-/m0/s1. The normalized spacial score (nSPS) is 24.3. The van der Waals surface area contributed by atoms with Crippen LogP contribution in [-0.2, 0) is 6.42 Å². The van der Waals surface area contributed by atoms with E-state index in [1.54, 1.807) is 0 Å². The predicted molar refractivity (Wildman–Crippen MR) is 74.2 cm³/mol. The average Bonchev–Trinajstić information content (AvgIpc) is 2.65. The Morgan fingerprint density at radius 1 is 1.00 bits per heavy atom. The molecule has 0 unspecified atom stereocenters. The SMILES string of the molecule is Clc1ccc2c(c1)[C@H]1CN[C@@H](C2)c2ccccc21. The highest BCUT2D eigenvalue weighted by Gasteiger charge is 2.33. The maximum Gasteiger partial charge on any atom is 0.0409 e. The molecular weight excluding hydrogens is 242 g/mol. The van der Waals surface area contributed by atoms with Gasteiger partial charge in [-0.3, -0.25) is 0 Å². The molecule has 2 heteroatoms. The summed E-state index contributed by atoms with van der Waals surface area (Å²) in [6.07, 6.45) is 1.07. The molecule has 3 aliphatic rings. The zero-order valence-corrected chi connectivity index (χ0v) is 10.7. The van der Waals surface area contributed by atoms with Gasteiger partial charge in [-0.1, -0.05) is 41.9 Å². The molecule has 0 amide bonds. The summed E-state index contributed by atoms with van der Waals surface area (Å²) in [5, 5.41) is 4.50. The third-order valence-electron chi connectivity index (χ3n) is 4.22. The monoisotopic (exact) mass is 255 g/mol. The molecule has 0 fully saturated rings. The van der Waals surface area contributed by atoms with Crippen molar-refractivity contribution in [2.45, 2.75) is 18.4 Å². The van der Waals surface area contributed by atoms with E-state index in [1.807, 2.05) is 6.07 Å². The number of fused-ring (bicyclic) bond motifs is 1. The lowest BCUT2D eigenvalue weighted by atomic mass is 9.85. The molecule has 2 atom stereocenters. The Balaban J connectivity index is 1.99. The Kier molecular flexibility index (Phi) is 2.26. The second kappa shape index (κ2) is 3.84. The summed E-state index contributed by atoms with van der Waals surface area (Å²) in [5.41, 5.74) is 5.78. The third-order valence-corrected chi connectivity index (χ3v) is 4.46. The van der Waals surface area contributed by atoms with E-state index in [-0.39, 0.29) is 0 Å². The zero-order valence-electron chi connectivity index (χ0n) is 9.99. The van der Waals surface area contributed by atoms with E-state index in [0.717, 1.165) is 18.0 Å². The van der Waals surface area contributed by atoms with E-state index in [1.165, 1.54) is 22.3 Å². The van der Waals surface area contributed by atoms with Crippen molar-refractivity contribution in [1.82, 2.24) is 5.32 Å². The molecule has 1 nitrogen and oxygen atoms in total. The van der Waals surface area contributed by atoms with Gasteiger partial charge in [-0.05, 0) is 40.8 Å². The Labute approximate surface area is 112 Å². The molecule has 0 saturated heterocycles. The van der Waals surface area contributed by atoms with Crippen LogP contribution in [-0.4, -0.2) is 6.54 Å². The Morgan fingerprint density at radius 3 is 2.72 bits per heavy atom. The van der Waals surface area contributed by atoms with Crippen molar-refractivity contribution in [3.05, 3.63) is 69.7 Å². The minimum absolute atomic E-state index is 0.452. The van der Waals surface area contributed by atoms with E-state index < -0.39 is 0 Å². The van der Waals surface area contributed by atoms with Gasteiger partial charge in [0.2, 0.25) is 0 Å². The summed E-state index contributed by atoms with van der Waals surface area (Å²) in [5.74, 6) is 0.452. The number of halogens is 1. The Hall–Kier alpha value is -1.31. The zero-order chi connectivity index (χ0) is 12.1. The number of hydrogen-bond acceptors (Lipinski definition) is 1. The second-order valence-corrected chi connectivity index (χ2v) is 5.63. The van der Waals surface area contributed by atoms with Crippen molar-refractivity contribution in [3.8, 4) is 0 Å². The van der Waals surface area contributed by atoms with Crippen LogP contribution in [0.2, 0.25) is 5.02 Å². The molecule has 1 aliphatic carbocycles. The van der Waals surface area contributed by atoms with Crippen LogP contribution in [0.25, 0.3) is 0 Å². The summed E-state index contributed by atoms with van der Waals surface area (Å²) in [7, 11) is 0. The van der Waals surface area contributed by atoms with Crippen molar-refractivity contribution in [2.24, 2.45) is 0 Å². The molecule has 2 aliphatic heterocycles. The van der Waals surface area contributed by atoms with Crippen LogP contribution in [0, 0.1) is 0 Å². The van der Waals surface area contributed by atoms with Gasteiger partial charge in [-0.25, -0.2) is 0 Å². The van der Waals surface area contributed by atoms with E-state index in [9.17, 15) is 0 Å². The lowest BCUT2D eigenvalue weighted by molar-refractivity contribution is 0.500. The van der Waals surface area contributed by atoms with Gasteiger partial charge in [0.25, 0.3) is 0 Å². The molecule has 2 aromatic carbocycles. The summed E-state index contributed by atoms with van der Waals surface area (Å²) in [6, 6.07) is 15.6. The van der Waals surface area contributed by atoms with Crippen molar-refractivity contribution < 1.29 is 0 Å². The van der Waals surface area contributed by atoms with Crippen LogP contribution in [0.4, 0.5) is 0 Å². The number of nitrogens with one attached hydrogen (secondary N) is 1. The van der Waals surface area contributed by atoms with Crippen LogP contribution in [0.5, 0.6) is 0 Å². The maximum absolute atomic E-state index is 6.17. The van der Waals surface area contributed by atoms with Gasteiger partial charge in [0, 0.05) is 23.5 Å². The number of hydrogen-bond donors (Lipinski definition) is 1. The molecule has 0 aromatic heterocycles. The van der Waals surface area contributed by atoms with Gasteiger partial charge in [0.1, 0.15) is 0 Å². The molecule has 90 valence electrons. The first-order valence-electron chi connectivity index (χ1n) is 6.43. The van der Waals surface area contributed by atoms with Crippen LogP contribution in [0.15, 0.2) is 42.5 Å². The topological polar surface area (TPSA) is 12.0 Å². The minimum atomic E-state index is 0.452. The van der Waals surface area contributed by atoms with Crippen molar-refractivity contribution in [2.75, 3.05) is 6.54 Å². The van der Waals surface area contributed by atoms with Crippen molar-refractivity contribution >= 4 is 11.6 Å². The molecule has 2 aromatic rings. The summed E-state index contributed by atoms with van der Waals surface area (Å²) in [6.45, 7) is 1.02. The lowest BCUT2D eigenvalue weighted by Crippen LogP contribution is -2.31. The van der Waals surface area contributed by atoms with Gasteiger partial charge in [-0.2, -0.15) is 0 Å². The van der Waals surface area contributed by atoms with Crippen molar-refractivity contribution in [3.63, 3.8) is 0 Å². The van der Waals surface area contributed by atoms with Gasteiger partial charge in [0.15, 0.2) is 0 Å². The van der Waals surface area contributed by atoms with Crippen molar-refractivity contribution in [1.29, 1.82) is 0 Å².